The summed E-state index contributed by atoms with van der Waals surface area (Å²) in [7, 11) is 1.52. The fourth-order valence-electron chi connectivity index (χ4n) is 3.73. The quantitative estimate of drug-likeness (QED) is 0.597. The number of nitrogens with one attached hydrogen (secondary N) is 2. The lowest BCUT2D eigenvalue weighted by Gasteiger charge is -2.30. The number of nitrogens with zero attached hydrogens (tertiary/aromatic N) is 1. The number of hydrogen-bond acceptors (Lipinski definition) is 5. The Kier molecular flexibility index (Phi) is 5.99. The van der Waals surface area contributed by atoms with Gasteiger partial charge < -0.3 is 20.3 Å². The van der Waals surface area contributed by atoms with Crippen LogP contribution >= 0.6 is 11.3 Å². The SMILES string of the molecule is COc1ccccc1NC(=O)C(=O)NCC(c1cccs1)N1CCc2ccccc21. The monoisotopic (exact) mass is 421 g/mol. The van der Waals surface area contributed by atoms with Crippen molar-refractivity contribution in [2.45, 2.75) is 12.5 Å². The molecule has 0 saturated heterocycles. The number of rotatable bonds is 6. The molecular weight excluding hydrogens is 398 g/mol. The fraction of sp³-hybridized carbons (Fsp3) is 0.217. The van der Waals surface area contributed by atoms with Crippen LogP contribution in [0.2, 0.25) is 0 Å². The van der Waals surface area contributed by atoms with E-state index in [4.69, 9.17) is 4.74 Å². The first-order valence-electron chi connectivity index (χ1n) is 9.77. The number of fused-ring (bicyclic) bond motifs is 1. The molecule has 1 atom stereocenters. The number of carbonyl (C=O) groups is 2. The smallest absolute Gasteiger partial charge is 0.313 e. The van der Waals surface area contributed by atoms with Gasteiger partial charge in [-0.3, -0.25) is 9.59 Å². The van der Waals surface area contributed by atoms with Crippen LogP contribution in [-0.4, -0.2) is 32.0 Å². The molecule has 1 unspecified atom stereocenters. The maximum absolute atomic E-state index is 12.5. The van der Waals surface area contributed by atoms with Crippen molar-refractivity contribution < 1.29 is 14.3 Å². The van der Waals surface area contributed by atoms with Gasteiger partial charge in [0.2, 0.25) is 0 Å². The van der Waals surface area contributed by atoms with Crippen LogP contribution in [0.5, 0.6) is 5.75 Å². The van der Waals surface area contributed by atoms with Gasteiger partial charge in [-0.15, -0.1) is 11.3 Å². The van der Waals surface area contributed by atoms with Crippen molar-refractivity contribution in [2.24, 2.45) is 0 Å². The number of thiophene rings is 1. The van der Waals surface area contributed by atoms with E-state index >= 15 is 0 Å². The van der Waals surface area contributed by atoms with Gasteiger partial charge >= 0.3 is 11.8 Å². The highest BCUT2D eigenvalue weighted by Gasteiger charge is 2.28. The Morgan fingerprint density at radius 3 is 2.67 bits per heavy atom. The minimum absolute atomic E-state index is 0.0309. The predicted octanol–water partition coefficient (Wildman–Crippen LogP) is 3.62. The van der Waals surface area contributed by atoms with Gasteiger partial charge in [-0.1, -0.05) is 36.4 Å². The molecule has 6 nitrogen and oxygen atoms in total. The molecule has 2 heterocycles. The summed E-state index contributed by atoms with van der Waals surface area (Å²) < 4.78 is 5.22. The fourth-order valence-corrected chi connectivity index (χ4v) is 4.57. The van der Waals surface area contributed by atoms with Gasteiger partial charge in [0.1, 0.15) is 5.75 Å². The van der Waals surface area contributed by atoms with Crippen LogP contribution in [0.3, 0.4) is 0 Å². The number of carbonyl (C=O) groups excluding carboxylic acids is 2. The molecule has 1 aliphatic rings. The van der Waals surface area contributed by atoms with Crippen LogP contribution < -0.4 is 20.3 Å². The molecule has 0 spiro atoms. The third-order valence-corrected chi connectivity index (χ3v) is 6.16. The number of ether oxygens (including phenoxy) is 1. The highest BCUT2D eigenvalue weighted by Crippen LogP contribution is 2.36. The van der Waals surface area contributed by atoms with E-state index in [2.05, 4.69) is 33.7 Å². The number of para-hydroxylation sites is 3. The van der Waals surface area contributed by atoms with E-state index < -0.39 is 11.8 Å². The summed E-state index contributed by atoms with van der Waals surface area (Å²) >= 11 is 1.65. The summed E-state index contributed by atoms with van der Waals surface area (Å²) in [5.41, 5.74) is 2.95. The summed E-state index contributed by atoms with van der Waals surface area (Å²) in [5.74, 6) is -0.884. The Bertz CT molecular complexity index is 1040. The Morgan fingerprint density at radius 2 is 1.87 bits per heavy atom. The molecule has 2 N–H and O–H groups in total. The summed E-state index contributed by atoms with van der Waals surface area (Å²) in [6.07, 6.45) is 0.973. The lowest BCUT2D eigenvalue weighted by molar-refractivity contribution is -0.136. The summed E-state index contributed by atoms with van der Waals surface area (Å²) in [6.45, 7) is 1.22. The van der Waals surface area contributed by atoms with E-state index in [1.165, 1.54) is 18.4 Å². The Morgan fingerprint density at radius 1 is 1.07 bits per heavy atom. The summed E-state index contributed by atoms with van der Waals surface area (Å²) in [6, 6.07) is 19.4. The standard InChI is InChI=1S/C23H23N3O3S/c1-29-20-10-5-3-8-17(20)25-23(28)22(27)24-15-19(21-11-6-14-30-21)26-13-12-16-7-2-4-9-18(16)26/h2-11,14,19H,12-13,15H2,1H3,(H,24,27)(H,25,28). The van der Waals surface area contributed by atoms with Gasteiger partial charge in [-0.2, -0.15) is 0 Å². The van der Waals surface area contributed by atoms with Crippen molar-refractivity contribution in [2.75, 3.05) is 30.4 Å². The molecule has 0 aliphatic carbocycles. The predicted molar refractivity (Wildman–Crippen MR) is 119 cm³/mol. The minimum atomic E-state index is -0.716. The van der Waals surface area contributed by atoms with E-state index in [1.807, 2.05) is 23.6 Å². The molecule has 1 aliphatic heterocycles. The lowest BCUT2D eigenvalue weighted by Crippen LogP contribution is -2.41. The first-order valence-corrected chi connectivity index (χ1v) is 10.7. The topological polar surface area (TPSA) is 70.7 Å². The first kappa shape index (κ1) is 20.0. The number of methoxy groups -OCH3 is 1. The minimum Gasteiger partial charge on any atom is -0.495 e. The Hall–Kier alpha value is -3.32. The second-order valence-electron chi connectivity index (χ2n) is 6.97. The second-order valence-corrected chi connectivity index (χ2v) is 7.95. The highest BCUT2D eigenvalue weighted by atomic mass is 32.1. The van der Waals surface area contributed by atoms with E-state index in [1.54, 1.807) is 35.6 Å². The van der Waals surface area contributed by atoms with Crippen molar-refractivity contribution in [3.05, 3.63) is 76.5 Å². The molecule has 7 heteroatoms. The number of anilines is 2. The number of benzene rings is 2. The van der Waals surface area contributed by atoms with Crippen molar-refractivity contribution in [1.29, 1.82) is 0 Å². The van der Waals surface area contributed by atoms with Crippen LogP contribution in [0.4, 0.5) is 11.4 Å². The molecule has 2 amide bonds. The molecule has 3 aromatic rings. The van der Waals surface area contributed by atoms with E-state index in [-0.39, 0.29) is 6.04 Å². The lowest BCUT2D eigenvalue weighted by atomic mass is 10.1. The second kappa shape index (κ2) is 9.00. The molecule has 2 aromatic carbocycles. The van der Waals surface area contributed by atoms with Crippen molar-refractivity contribution in [3.63, 3.8) is 0 Å². The summed E-state index contributed by atoms with van der Waals surface area (Å²) in [5, 5.41) is 7.46. The van der Waals surface area contributed by atoms with Gasteiger partial charge in [0.25, 0.3) is 0 Å². The van der Waals surface area contributed by atoms with Gasteiger partial charge in [0.05, 0.1) is 18.8 Å². The molecule has 4 rings (SSSR count). The molecular formula is C23H23N3O3S. The molecule has 0 fully saturated rings. The Balaban J connectivity index is 1.45. The molecule has 0 saturated carbocycles. The van der Waals surface area contributed by atoms with Crippen molar-refractivity contribution >= 4 is 34.5 Å². The molecule has 154 valence electrons. The van der Waals surface area contributed by atoms with E-state index in [0.29, 0.717) is 18.0 Å². The van der Waals surface area contributed by atoms with Crippen LogP contribution in [0, 0.1) is 0 Å². The normalized spacial score (nSPS) is 13.4. The van der Waals surface area contributed by atoms with Crippen LogP contribution in [0.15, 0.2) is 66.0 Å². The number of amides is 2. The van der Waals surface area contributed by atoms with Gasteiger partial charge in [0, 0.05) is 23.7 Å². The highest BCUT2D eigenvalue weighted by molar-refractivity contribution is 7.10. The average molecular weight is 422 g/mol. The maximum atomic E-state index is 12.5. The third-order valence-electron chi connectivity index (χ3n) is 5.19. The van der Waals surface area contributed by atoms with Gasteiger partial charge in [-0.25, -0.2) is 0 Å². The zero-order valence-corrected chi connectivity index (χ0v) is 17.4. The van der Waals surface area contributed by atoms with E-state index in [0.717, 1.165) is 17.8 Å². The van der Waals surface area contributed by atoms with Crippen molar-refractivity contribution in [3.8, 4) is 5.75 Å². The van der Waals surface area contributed by atoms with E-state index in [9.17, 15) is 9.59 Å². The molecule has 0 radical (unpaired) electrons. The molecule has 30 heavy (non-hydrogen) atoms. The first-order chi connectivity index (χ1) is 14.7. The van der Waals surface area contributed by atoms with Gasteiger partial charge in [0.15, 0.2) is 0 Å². The zero-order valence-electron chi connectivity index (χ0n) is 16.6. The molecule has 1 aromatic heterocycles. The Labute approximate surface area is 179 Å². The van der Waals surface area contributed by atoms with Crippen LogP contribution in [0.25, 0.3) is 0 Å². The van der Waals surface area contributed by atoms with Crippen LogP contribution in [0.1, 0.15) is 16.5 Å². The zero-order chi connectivity index (χ0) is 20.9. The summed E-state index contributed by atoms with van der Waals surface area (Å²) in [4.78, 5) is 28.4. The number of hydrogen-bond donors (Lipinski definition) is 2. The molecule has 0 bridgehead atoms. The average Bonchev–Trinajstić information content (AvgIpc) is 3.45. The third kappa shape index (κ3) is 4.16. The van der Waals surface area contributed by atoms with Crippen molar-refractivity contribution in [1.82, 2.24) is 5.32 Å². The maximum Gasteiger partial charge on any atom is 0.313 e. The van der Waals surface area contributed by atoms with Gasteiger partial charge in [-0.05, 0) is 41.6 Å². The largest absolute Gasteiger partial charge is 0.495 e. The van der Waals surface area contributed by atoms with Crippen LogP contribution in [-0.2, 0) is 16.0 Å².